The second-order valence-electron chi connectivity index (χ2n) is 7.39. The van der Waals surface area contributed by atoms with E-state index in [1.165, 1.54) is 11.3 Å². The highest BCUT2D eigenvalue weighted by Crippen LogP contribution is 2.65. The van der Waals surface area contributed by atoms with Gasteiger partial charge < -0.3 is 0 Å². The van der Waals surface area contributed by atoms with Gasteiger partial charge in [0.05, 0.1) is 17.5 Å². The van der Waals surface area contributed by atoms with Gasteiger partial charge in [-0.1, -0.05) is 24.3 Å². The summed E-state index contributed by atoms with van der Waals surface area (Å²) in [6.45, 7) is 4.02. The molecule has 3 nitrogen and oxygen atoms in total. The summed E-state index contributed by atoms with van der Waals surface area (Å²) in [4.78, 5) is 27.6. The van der Waals surface area contributed by atoms with Crippen molar-refractivity contribution in [1.82, 2.24) is 0 Å². The maximum absolute atomic E-state index is 13.0. The summed E-state index contributed by atoms with van der Waals surface area (Å²) in [5.41, 5.74) is 2.95. The molecule has 2 amide bonds. The third-order valence-electron chi connectivity index (χ3n) is 6.48. The van der Waals surface area contributed by atoms with Gasteiger partial charge in [-0.2, -0.15) is 0 Å². The third kappa shape index (κ3) is 1.33. The largest absolute Gasteiger partial charge is 0.274 e. The van der Waals surface area contributed by atoms with E-state index in [0.29, 0.717) is 23.7 Å². The van der Waals surface area contributed by atoms with Crippen molar-refractivity contribution in [2.45, 2.75) is 20.3 Å². The smallest absolute Gasteiger partial charge is 0.238 e. The number of hydrogen-bond donors (Lipinski definition) is 0. The van der Waals surface area contributed by atoms with Gasteiger partial charge in [0, 0.05) is 0 Å². The van der Waals surface area contributed by atoms with Gasteiger partial charge in [0.1, 0.15) is 0 Å². The van der Waals surface area contributed by atoms with E-state index in [9.17, 15) is 9.59 Å². The van der Waals surface area contributed by atoms with Gasteiger partial charge in [0.15, 0.2) is 0 Å². The molecule has 1 aromatic rings. The number of allylic oxidation sites excluding steroid dienone is 2. The highest BCUT2D eigenvalue weighted by Gasteiger charge is 2.67. The zero-order chi connectivity index (χ0) is 15.2. The maximum Gasteiger partial charge on any atom is 0.238 e. The van der Waals surface area contributed by atoms with Crippen LogP contribution >= 0.6 is 0 Å². The van der Waals surface area contributed by atoms with Gasteiger partial charge >= 0.3 is 0 Å². The van der Waals surface area contributed by atoms with Crippen LogP contribution in [0.4, 0.5) is 5.69 Å². The fourth-order valence-corrected chi connectivity index (χ4v) is 5.17. The van der Waals surface area contributed by atoms with Crippen LogP contribution in [0.15, 0.2) is 30.4 Å². The van der Waals surface area contributed by atoms with E-state index >= 15 is 0 Å². The van der Waals surface area contributed by atoms with Crippen LogP contribution in [0.2, 0.25) is 0 Å². The van der Waals surface area contributed by atoms with Crippen LogP contribution < -0.4 is 4.90 Å². The average molecular weight is 293 g/mol. The normalized spacial score (nSPS) is 40.9. The van der Waals surface area contributed by atoms with E-state index in [2.05, 4.69) is 12.2 Å². The Morgan fingerprint density at radius 2 is 1.55 bits per heavy atom. The predicted molar refractivity (Wildman–Crippen MR) is 83.1 cm³/mol. The Hall–Kier alpha value is -1.90. The zero-order valence-electron chi connectivity index (χ0n) is 12.8. The molecule has 1 saturated heterocycles. The van der Waals surface area contributed by atoms with Gasteiger partial charge in [-0.05, 0) is 61.1 Å². The molecular formula is C19H19NO2. The summed E-state index contributed by atoms with van der Waals surface area (Å²) in [7, 11) is 0. The Bertz CT molecular complexity index is 714. The molecule has 0 aromatic heterocycles. The second-order valence-corrected chi connectivity index (χ2v) is 7.39. The molecule has 112 valence electrons. The highest BCUT2D eigenvalue weighted by atomic mass is 16.2. The van der Waals surface area contributed by atoms with Crippen LogP contribution in [0, 0.1) is 49.4 Å². The van der Waals surface area contributed by atoms with Crippen molar-refractivity contribution in [2.24, 2.45) is 35.5 Å². The Kier molecular flexibility index (Phi) is 2.23. The molecule has 2 saturated carbocycles. The Morgan fingerprint density at radius 3 is 2.14 bits per heavy atom. The summed E-state index contributed by atoms with van der Waals surface area (Å²) < 4.78 is 0. The van der Waals surface area contributed by atoms with Crippen molar-refractivity contribution >= 4 is 17.5 Å². The topological polar surface area (TPSA) is 37.4 Å². The minimum atomic E-state index is -0.105. The molecule has 1 aliphatic heterocycles. The van der Waals surface area contributed by atoms with E-state index in [1.807, 2.05) is 32.0 Å². The van der Waals surface area contributed by atoms with E-state index in [4.69, 9.17) is 0 Å². The van der Waals surface area contributed by atoms with E-state index in [1.54, 1.807) is 0 Å². The van der Waals surface area contributed by atoms with Crippen molar-refractivity contribution in [3.8, 4) is 0 Å². The maximum atomic E-state index is 13.0. The Morgan fingerprint density at radius 1 is 0.955 bits per heavy atom. The van der Waals surface area contributed by atoms with Crippen molar-refractivity contribution in [2.75, 3.05) is 4.90 Å². The van der Waals surface area contributed by atoms with E-state index < -0.39 is 0 Å². The molecule has 2 bridgehead atoms. The first-order valence-corrected chi connectivity index (χ1v) is 8.22. The number of anilines is 1. The van der Waals surface area contributed by atoms with Crippen LogP contribution in [0.3, 0.4) is 0 Å². The van der Waals surface area contributed by atoms with E-state index in [-0.39, 0.29) is 23.7 Å². The first-order valence-electron chi connectivity index (χ1n) is 8.22. The summed E-state index contributed by atoms with van der Waals surface area (Å²) in [6, 6.07) is 5.87. The number of nitrogens with zero attached hydrogens (tertiary/aromatic N) is 1. The second kappa shape index (κ2) is 3.89. The lowest BCUT2D eigenvalue weighted by Gasteiger charge is -2.37. The van der Waals surface area contributed by atoms with Gasteiger partial charge in [-0.3, -0.25) is 9.59 Å². The molecule has 6 atom stereocenters. The average Bonchev–Trinajstić information content (AvgIpc) is 3.28. The Balaban J connectivity index is 1.62. The van der Waals surface area contributed by atoms with Crippen LogP contribution in [0.25, 0.3) is 0 Å². The minimum Gasteiger partial charge on any atom is -0.274 e. The molecule has 0 unspecified atom stereocenters. The van der Waals surface area contributed by atoms with Crippen molar-refractivity contribution in [3.05, 3.63) is 41.5 Å². The molecular weight excluding hydrogens is 274 g/mol. The molecule has 1 heterocycles. The summed E-state index contributed by atoms with van der Waals surface area (Å²) in [5.74, 6) is 1.77. The number of carbonyl (C=O) groups is 2. The molecule has 6 rings (SSSR count). The van der Waals surface area contributed by atoms with Crippen LogP contribution in [0.1, 0.15) is 17.5 Å². The monoisotopic (exact) mass is 293 g/mol. The number of aryl methyl sites for hydroxylation is 1. The van der Waals surface area contributed by atoms with Crippen LogP contribution in [-0.2, 0) is 9.59 Å². The fourth-order valence-electron chi connectivity index (χ4n) is 5.17. The molecule has 1 aromatic carbocycles. The molecule has 3 fully saturated rings. The minimum absolute atomic E-state index is 0.0356. The van der Waals surface area contributed by atoms with Gasteiger partial charge in [0.25, 0.3) is 0 Å². The molecule has 22 heavy (non-hydrogen) atoms. The van der Waals surface area contributed by atoms with Gasteiger partial charge in [-0.15, -0.1) is 0 Å². The lowest BCUT2D eigenvalue weighted by molar-refractivity contribution is -0.124. The summed E-state index contributed by atoms with van der Waals surface area (Å²) in [5, 5.41) is 0. The number of benzene rings is 1. The first-order chi connectivity index (χ1) is 10.6. The third-order valence-corrected chi connectivity index (χ3v) is 6.48. The Labute approximate surface area is 130 Å². The number of hydrogen-bond acceptors (Lipinski definition) is 2. The first kappa shape index (κ1) is 12.6. The van der Waals surface area contributed by atoms with Crippen LogP contribution in [0.5, 0.6) is 0 Å². The molecule has 5 aliphatic rings. The molecule has 0 radical (unpaired) electrons. The summed E-state index contributed by atoms with van der Waals surface area (Å²) in [6.07, 6.45) is 5.65. The fraction of sp³-hybridized carbons (Fsp3) is 0.474. The molecule has 0 N–H and O–H groups in total. The van der Waals surface area contributed by atoms with Gasteiger partial charge in [0.2, 0.25) is 11.8 Å². The SMILES string of the molecule is Cc1cccc(N2C(=O)[C@@H]3[C@@H]4C=C[C@H]([C@@H]5C[C@H]45)[C@H]3C2=O)c1C. The lowest BCUT2D eigenvalue weighted by Crippen LogP contribution is -2.40. The van der Waals surface area contributed by atoms with Crippen LogP contribution in [-0.4, -0.2) is 11.8 Å². The predicted octanol–water partition coefficient (Wildman–Crippen LogP) is 2.86. The molecule has 3 heteroatoms. The van der Waals surface area contributed by atoms with Crippen molar-refractivity contribution in [1.29, 1.82) is 0 Å². The number of amides is 2. The lowest BCUT2D eigenvalue weighted by atomic mass is 9.63. The van der Waals surface area contributed by atoms with Crippen molar-refractivity contribution < 1.29 is 9.59 Å². The van der Waals surface area contributed by atoms with E-state index in [0.717, 1.165) is 16.8 Å². The zero-order valence-corrected chi connectivity index (χ0v) is 12.8. The molecule has 4 aliphatic carbocycles. The quantitative estimate of drug-likeness (QED) is 0.590. The highest BCUT2D eigenvalue weighted by molar-refractivity contribution is 6.23. The van der Waals surface area contributed by atoms with Gasteiger partial charge in [-0.25, -0.2) is 4.90 Å². The number of rotatable bonds is 1. The standard InChI is InChI=1S/C19H19NO2/c1-9-4-3-5-15(10(9)2)20-18(21)16-11-6-7-12(14-8-13(11)14)17(16)19(20)22/h3-7,11-14,16-17H,8H2,1-2H3/t11-,12-,13-,14+,16-,17-/m1/s1. The molecule has 0 spiro atoms. The van der Waals surface area contributed by atoms with Crippen molar-refractivity contribution in [3.63, 3.8) is 0 Å². The number of imide groups is 1. The summed E-state index contributed by atoms with van der Waals surface area (Å²) >= 11 is 0. The number of carbonyl (C=O) groups excluding carboxylic acids is 2.